The first-order valence-corrected chi connectivity index (χ1v) is 30.4. The van der Waals surface area contributed by atoms with Crippen molar-refractivity contribution in [2.75, 3.05) is 47.5 Å². The van der Waals surface area contributed by atoms with Crippen LogP contribution in [-0.2, 0) is 32.7 Å². The molecule has 2 unspecified atom stereocenters. The molecule has 0 saturated heterocycles. The van der Waals surface area contributed by atoms with E-state index in [4.69, 9.17) is 18.5 Å². The van der Waals surface area contributed by atoms with Crippen LogP contribution < -0.4 is 4.89 Å². The normalized spacial score (nSPS) is 14.0. The Hall–Kier alpha value is -3.07. The predicted molar refractivity (Wildman–Crippen MR) is 305 cm³/mol. The number of rotatable bonds is 52. The zero-order valence-electron chi connectivity index (χ0n) is 46.8. The quantitative estimate of drug-likeness (QED) is 0.0195. The van der Waals surface area contributed by atoms with Crippen LogP contribution in [0.25, 0.3) is 0 Å². The Balaban J connectivity index is 4.14. The molecule has 0 spiro atoms. The highest BCUT2D eigenvalue weighted by Crippen LogP contribution is 2.38. The lowest BCUT2D eigenvalue weighted by Crippen LogP contribution is -2.37. The molecule has 2 atom stereocenters. The Labute approximate surface area is 443 Å². The van der Waals surface area contributed by atoms with Crippen LogP contribution in [0.5, 0.6) is 0 Å². The van der Waals surface area contributed by atoms with E-state index in [0.717, 1.165) is 109 Å². The number of quaternary nitrogens is 1. The molecule has 0 aliphatic carbocycles. The zero-order chi connectivity index (χ0) is 52.7. The molecule has 0 fully saturated rings. The van der Waals surface area contributed by atoms with Gasteiger partial charge in [0.25, 0.3) is 7.82 Å². The molecule has 0 aromatic carbocycles. The van der Waals surface area contributed by atoms with Gasteiger partial charge in [0.15, 0.2) is 6.10 Å². The molecule has 0 N–H and O–H groups in total. The molecule has 0 aromatic heterocycles. The molecule has 0 radical (unpaired) electrons. The average Bonchev–Trinajstić information content (AvgIpc) is 3.34. The predicted octanol–water partition coefficient (Wildman–Crippen LogP) is 17.4. The summed E-state index contributed by atoms with van der Waals surface area (Å²) in [5, 5.41) is 0. The van der Waals surface area contributed by atoms with Gasteiger partial charge in [-0.25, -0.2) is 0 Å². The Morgan fingerprint density at radius 2 is 0.792 bits per heavy atom. The Kier molecular flexibility index (Phi) is 50.5. The van der Waals surface area contributed by atoms with Gasteiger partial charge >= 0.3 is 11.9 Å². The summed E-state index contributed by atoms with van der Waals surface area (Å²) >= 11 is 0. The molecule has 0 aromatic rings. The van der Waals surface area contributed by atoms with Gasteiger partial charge in [0.2, 0.25) is 0 Å². The fourth-order valence-electron chi connectivity index (χ4n) is 7.63. The fourth-order valence-corrected chi connectivity index (χ4v) is 8.36. The van der Waals surface area contributed by atoms with Crippen LogP contribution >= 0.6 is 7.82 Å². The number of carbonyl (C=O) groups excluding carboxylic acids is 2. The molecule has 0 bridgehead atoms. The molecule has 414 valence electrons. The van der Waals surface area contributed by atoms with E-state index in [0.29, 0.717) is 17.4 Å². The summed E-state index contributed by atoms with van der Waals surface area (Å²) in [6, 6.07) is 0. The van der Waals surface area contributed by atoms with Crippen molar-refractivity contribution in [3.63, 3.8) is 0 Å². The van der Waals surface area contributed by atoms with Crippen LogP contribution in [0.15, 0.2) is 97.2 Å². The van der Waals surface area contributed by atoms with Crippen molar-refractivity contribution < 1.29 is 42.1 Å². The van der Waals surface area contributed by atoms with Crippen molar-refractivity contribution in [3.05, 3.63) is 97.2 Å². The van der Waals surface area contributed by atoms with Gasteiger partial charge in [-0.15, -0.1) is 0 Å². The molecule has 0 rings (SSSR count). The van der Waals surface area contributed by atoms with Gasteiger partial charge in [-0.05, 0) is 96.3 Å². The lowest BCUT2D eigenvalue weighted by molar-refractivity contribution is -0.870. The van der Waals surface area contributed by atoms with Crippen LogP contribution in [0.1, 0.15) is 232 Å². The number of allylic oxidation sites excluding steroid dienone is 16. The van der Waals surface area contributed by atoms with E-state index in [2.05, 4.69) is 111 Å². The smallest absolute Gasteiger partial charge is 0.306 e. The lowest BCUT2D eigenvalue weighted by atomic mass is 10.0. The van der Waals surface area contributed by atoms with Crippen molar-refractivity contribution in [2.24, 2.45) is 0 Å². The second-order valence-corrected chi connectivity index (χ2v) is 21.7. The Bertz CT molecular complexity index is 1540. The van der Waals surface area contributed by atoms with Crippen LogP contribution in [0.3, 0.4) is 0 Å². The number of hydrogen-bond acceptors (Lipinski definition) is 8. The Morgan fingerprint density at radius 3 is 1.19 bits per heavy atom. The van der Waals surface area contributed by atoms with E-state index >= 15 is 0 Å². The summed E-state index contributed by atoms with van der Waals surface area (Å²) in [7, 11) is 1.15. The summed E-state index contributed by atoms with van der Waals surface area (Å²) in [5.41, 5.74) is 0. The van der Waals surface area contributed by atoms with Gasteiger partial charge < -0.3 is 27.9 Å². The average molecular weight is 1030 g/mol. The number of phosphoric ester groups is 1. The first-order chi connectivity index (χ1) is 35.0. The largest absolute Gasteiger partial charge is 0.756 e. The summed E-state index contributed by atoms with van der Waals surface area (Å²) in [6.07, 6.45) is 71.7. The third kappa shape index (κ3) is 56.2. The third-order valence-corrected chi connectivity index (χ3v) is 13.1. The molecule has 0 amide bonds. The van der Waals surface area contributed by atoms with E-state index in [-0.39, 0.29) is 26.1 Å². The van der Waals surface area contributed by atoms with Crippen LogP contribution in [0, 0.1) is 0 Å². The first-order valence-electron chi connectivity index (χ1n) is 28.9. The summed E-state index contributed by atoms with van der Waals surface area (Å²) in [4.78, 5) is 37.8. The molecular weight excluding hydrogens is 918 g/mol. The van der Waals surface area contributed by atoms with Crippen LogP contribution in [-0.4, -0.2) is 70.0 Å². The molecule has 10 heteroatoms. The van der Waals surface area contributed by atoms with E-state index in [9.17, 15) is 19.0 Å². The second kappa shape index (κ2) is 52.8. The zero-order valence-corrected chi connectivity index (χ0v) is 47.7. The van der Waals surface area contributed by atoms with Crippen molar-refractivity contribution in [1.29, 1.82) is 0 Å². The summed E-state index contributed by atoms with van der Waals surface area (Å²) in [6.45, 7) is 4.10. The van der Waals surface area contributed by atoms with Crippen molar-refractivity contribution >= 4 is 19.8 Å². The maximum atomic E-state index is 12.8. The number of carbonyl (C=O) groups is 2. The summed E-state index contributed by atoms with van der Waals surface area (Å²) < 4.78 is 34.1. The van der Waals surface area contributed by atoms with Crippen LogP contribution in [0.2, 0.25) is 0 Å². The van der Waals surface area contributed by atoms with Crippen LogP contribution in [0.4, 0.5) is 0 Å². The Morgan fingerprint density at radius 1 is 0.444 bits per heavy atom. The topological polar surface area (TPSA) is 111 Å². The maximum Gasteiger partial charge on any atom is 0.306 e. The fraction of sp³-hybridized carbons (Fsp3) is 0.710. The van der Waals surface area contributed by atoms with Gasteiger partial charge in [0, 0.05) is 12.8 Å². The number of nitrogens with zero attached hydrogens (tertiary/aromatic N) is 1. The van der Waals surface area contributed by atoms with E-state index in [1.165, 1.54) is 89.9 Å². The number of ether oxygens (including phenoxy) is 2. The highest BCUT2D eigenvalue weighted by molar-refractivity contribution is 7.45. The maximum absolute atomic E-state index is 12.8. The van der Waals surface area contributed by atoms with E-state index in [1.807, 2.05) is 21.1 Å². The number of hydrogen-bond donors (Lipinski definition) is 0. The molecule has 9 nitrogen and oxygen atoms in total. The highest BCUT2D eigenvalue weighted by atomic mass is 31.2. The number of phosphoric acid groups is 1. The van der Waals surface area contributed by atoms with Crippen molar-refractivity contribution in [2.45, 2.75) is 238 Å². The summed E-state index contributed by atoms with van der Waals surface area (Å²) in [5.74, 6) is -0.848. The number of likely N-dealkylation sites (N-methyl/N-ethyl adjacent to an activating group) is 1. The minimum atomic E-state index is -4.64. The van der Waals surface area contributed by atoms with E-state index in [1.54, 1.807) is 0 Å². The molecule has 0 aliphatic heterocycles. The minimum Gasteiger partial charge on any atom is -0.756 e. The number of esters is 2. The first kappa shape index (κ1) is 68.9. The van der Waals surface area contributed by atoms with Crippen molar-refractivity contribution in [3.8, 4) is 0 Å². The molecular formula is C62H108NO8P. The van der Waals surface area contributed by atoms with E-state index < -0.39 is 32.5 Å². The SMILES string of the molecule is CC/C=C\C/C=C\C/C=C\C/C=C\C/C=C\C/C=C\C/C=C\CCCCCCCCCCCCCC(=O)OC(COC(=O)CCCCCCC/C=C\CCCCCCCC)COP(=O)([O-])OCC[N+](C)(C)C. The van der Waals surface area contributed by atoms with Gasteiger partial charge in [-0.1, -0.05) is 220 Å². The molecule has 0 saturated carbocycles. The van der Waals surface area contributed by atoms with Gasteiger partial charge in [-0.3, -0.25) is 14.2 Å². The molecule has 0 aliphatic rings. The lowest BCUT2D eigenvalue weighted by Gasteiger charge is -2.28. The molecule has 72 heavy (non-hydrogen) atoms. The number of unbranched alkanes of at least 4 members (excludes halogenated alkanes) is 22. The second-order valence-electron chi connectivity index (χ2n) is 20.3. The van der Waals surface area contributed by atoms with Gasteiger partial charge in [0.05, 0.1) is 27.7 Å². The monoisotopic (exact) mass is 1030 g/mol. The molecule has 0 heterocycles. The van der Waals surface area contributed by atoms with Gasteiger partial charge in [0.1, 0.15) is 19.8 Å². The standard InChI is InChI=1S/C62H108NO8P/c1-6-8-10-12-14-16-18-20-22-23-24-25-26-27-28-29-30-31-32-33-34-35-36-37-38-39-41-43-45-47-49-51-53-55-62(65)71-60(59-70-72(66,67)69-57-56-63(3,4)5)58-68-61(64)54-52-50-48-46-44-42-40-21-19-17-15-13-11-9-7-2/h8,10,14,16,20-22,24-25,27-28,30-31,33-34,40,60H,6-7,9,11-13,15,17-19,23,26,29,32,35-39,41-59H2,1-5H3/b10-8-,16-14-,22-20-,25-24-,28-27-,31-30-,34-33-,40-21-. The minimum absolute atomic E-state index is 0.0363. The highest BCUT2D eigenvalue weighted by Gasteiger charge is 2.21. The van der Waals surface area contributed by atoms with Gasteiger partial charge in [-0.2, -0.15) is 0 Å². The van der Waals surface area contributed by atoms with Crippen molar-refractivity contribution in [1.82, 2.24) is 0 Å². The third-order valence-electron chi connectivity index (χ3n) is 12.1.